The number of benzene rings is 1. The summed E-state index contributed by atoms with van der Waals surface area (Å²) in [5, 5.41) is 8.71. The monoisotopic (exact) mass is 249 g/mol. The van der Waals surface area contributed by atoms with Crippen molar-refractivity contribution in [2.75, 3.05) is 5.34 Å². The van der Waals surface area contributed by atoms with E-state index in [0.717, 1.165) is 5.56 Å². The lowest BCUT2D eigenvalue weighted by atomic mass is 10.1. The molecule has 15 heavy (non-hydrogen) atoms. The van der Waals surface area contributed by atoms with E-state index in [9.17, 15) is 4.79 Å². The Hall–Kier alpha value is -0.770. The summed E-state index contributed by atoms with van der Waals surface area (Å²) in [6.45, 7) is 0. The molecule has 0 saturated carbocycles. The highest BCUT2D eigenvalue weighted by atomic mass is 35.5. The van der Waals surface area contributed by atoms with Crippen molar-refractivity contribution in [2.45, 2.75) is 12.5 Å². The zero-order valence-corrected chi connectivity index (χ0v) is 9.58. The van der Waals surface area contributed by atoms with Gasteiger partial charge in [-0.05, 0) is 12.0 Å². The number of aliphatic carboxylic acids is 1. The predicted octanol–water partition coefficient (Wildman–Crippen LogP) is 2.06. The molecule has 0 saturated heterocycles. The van der Waals surface area contributed by atoms with E-state index in [1.165, 1.54) is 0 Å². The molecule has 0 aliphatic carbocycles. The molecule has 0 aliphatic rings. The molecule has 0 aliphatic heterocycles. The molecule has 1 rings (SSSR count). The van der Waals surface area contributed by atoms with Crippen LogP contribution in [0.3, 0.4) is 0 Å². The van der Waals surface area contributed by atoms with Crippen LogP contribution in [0.5, 0.6) is 0 Å². The van der Waals surface area contributed by atoms with Gasteiger partial charge in [-0.1, -0.05) is 30.3 Å². The van der Waals surface area contributed by atoms with Crippen molar-refractivity contribution < 1.29 is 9.90 Å². The first kappa shape index (κ1) is 14.2. The Balaban J connectivity index is 0.000000583. The fourth-order valence-corrected chi connectivity index (χ4v) is 0.955. The summed E-state index contributed by atoms with van der Waals surface area (Å²) in [6, 6.07) is 8.54. The normalized spacial score (nSPS) is 11.1. The third kappa shape index (κ3) is 7.19. The van der Waals surface area contributed by atoms with Gasteiger partial charge in [-0.3, -0.25) is 4.79 Å². The highest BCUT2D eigenvalue weighted by Crippen LogP contribution is 2.01. The van der Waals surface area contributed by atoms with Gasteiger partial charge in [0, 0.05) is 0 Å². The number of carbonyl (C=O) groups is 1. The molecule has 0 aromatic heterocycles. The van der Waals surface area contributed by atoms with Crippen LogP contribution in [-0.2, 0) is 11.2 Å². The number of rotatable bonds is 3. The minimum Gasteiger partial charge on any atom is -0.480 e. The second kappa shape index (κ2) is 8.53. The van der Waals surface area contributed by atoms with Crippen molar-refractivity contribution in [1.29, 1.82) is 0 Å². The van der Waals surface area contributed by atoms with Crippen molar-refractivity contribution in [3.8, 4) is 0 Å². The van der Waals surface area contributed by atoms with Crippen LogP contribution in [0.2, 0.25) is 0 Å². The average Bonchev–Trinajstić information content (AvgIpc) is 2.20. The van der Waals surface area contributed by atoms with Gasteiger partial charge >= 0.3 is 5.97 Å². The average molecular weight is 250 g/mol. The maximum Gasteiger partial charge on any atom is 0.320 e. The van der Waals surface area contributed by atoms with Gasteiger partial charge in [-0.25, -0.2) is 0 Å². The molecule has 0 radical (unpaired) electrons. The van der Waals surface area contributed by atoms with E-state index in [2.05, 4.69) is 0 Å². The summed E-state index contributed by atoms with van der Waals surface area (Å²) in [5.74, 6) is -0.959. The molecule has 84 valence electrons. The summed E-state index contributed by atoms with van der Waals surface area (Å²) in [5.41, 5.74) is 6.30. The standard InChI is InChI=1S/C9H11NO2.CH2Cl2/c10-8(9(11)12)6-7-4-2-1-3-5-7;2-1-3/h1-5,8H,6,10H2,(H,11,12);1H2/t8-;/m0./s1. The molecule has 0 heterocycles. The Kier molecular flexibility index (Phi) is 8.09. The van der Waals surface area contributed by atoms with E-state index in [0.29, 0.717) is 6.42 Å². The topological polar surface area (TPSA) is 63.3 Å². The number of halogens is 2. The molecule has 0 unspecified atom stereocenters. The number of hydrogen-bond acceptors (Lipinski definition) is 2. The molecule has 0 bridgehead atoms. The van der Waals surface area contributed by atoms with Crippen LogP contribution < -0.4 is 5.73 Å². The van der Waals surface area contributed by atoms with E-state index in [-0.39, 0.29) is 5.34 Å². The third-order valence-corrected chi connectivity index (χ3v) is 1.62. The van der Waals surface area contributed by atoms with Gasteiger partial charge in [0.25, 0.3) is 0 Å². The zero-order chi connectivity index (χ0) is 11.7. The molecule has 1 aromatic rings. The van der Waals surface area contributed by atoms with Crippen molar-refractivity contribution in [3.05, 3.63) is 35.9 Å². The maximum absolute atomic E-state index is 10.4. The highest BCUT2D eigenvalue weighted by molar-refractivity contribution is 6.40. The molecule has 1 atom stereocenters. The number of hydrogen-bond donors (Lipinski definition) is 2. The van der Waals surface area contributed by atoms with Gasteiger partial charge in [0.05, 0.1) is 5.34 Å². The lowest BCUT2D eigenvalue weighted by molar-refractivity contribution is -0.138. The third-order valence-electron chi connectivity index (χ3n) is 1.62. The van der Waals surface area contributed by atoms with Gasteiger partial charge in [-0.2, -0.15) is 0 Å². The van der Waals surface area contributed by atoms with Crippen LogP contribution >= 0.6 is 23.2 Å². The van der Waals surface area contributed by atoms with Crippen molar-refractivity contribution in [2.24, 2.45) is 5.73 Å². The molecule has 0 spiro atoms. The van der Waals surface area contributed by atoms with Crippen LogP contribution in [0.15, 0.2) is 30.3 Å². The smallest absolute Gasteiger partial charge is 0.320 e. The van der Waals surface area contributed by atoms with E-state index in [1.807, 2.05) is 30.3 Å². The van der Waals surface area contributed by atoms with Crippen molar-refractivity contribution in [3.63, 3.8) is 0 Å². The number of carboxylic acids is 1. The van der Waals surface area contributed by atoms with Crippen LogP contribution in [0, 0.1) is 0 Å². The van der Waals surface area contributed by atoms with Gasteiger partial charge in [-0.15, -0.1) is 23.2 Å². The highest BCUT2D eigenvalue weighted by Gasteiger charge is 2.10. The van der Waals surface area contributed by atoms with E-state index in [1.54, 1.807) is 0 Å². The van der Waals surface area contributed by atoms with E-state index < -0.39 is 12.0 Å². The van der Waals surface area contributed by atoms with Gasteiger partial charge in [0.2, 0.25) is 0 Å². The Morgan fingerprint density at radius 3 is 2.20 bits per heavy atom. The Morgan fingerprint density at radius 1 is 1.33 bits per heavy atom. The fraction of sp³-hybridized carbons (Fsp3) is 0.300. The maximum atomic E-state index is 10.4. The number of nitrogens with two attached hydrogens (primary N) is 1. The molecule has 5 heteroatoms. The Bertz CT molecular complexity index is 280. The lowest BCUT2D eigenvalue weighted by Gasteiger charge is -2.04. The van der Waals surface area contributed by atoms with Crippen molar-refractivity contribution >= 4 is 29.2 Å². The van der Waals surface area contributed by atoms with E-state index in [4.69, 9.17) is 34.0 Å². The fourth-order valence-electron chi connectivity index (χ4n) is 0.955. The molecular weight excluding hydrogens is 237 g/mol. The second-order valence-electron chi connectivity index (χ2n) is 2.74. The molecule has 0 fully saturated rings. The first-order valence-electron chi connectivity index (χ1n) is 4.26. The van der Waals surface area contributed by atoms with Crippen LogP contribution in [0.4, 0.5) is 0 Å². The minimum absolute atomic E-state index is 0.194. The first-order valence-corrected chi connectivity index (χ1v) is 5.33. The predicted molar refractivity (Wildman–Crippen MR) is 62.3 cm³/mol. The Morgan fingerprint density at radius 2 is 1.80 bits per heavy atom. The van der Waals surface area contributed by atoms with E-state index >= 15 is 0 Å². The summed E-state index contributed by atoms with van der Waals surface area (Å²) < 4.78 is 0. The molecule has 3 N–H and O–H groups in total. The van der Waals surface area contributed by atoms with Gasteiger partial charge in [0.1, 0.15) is 6.04 Å². The number of carboxylic acid groups (broad SMARTS) is 1. The lowest BCUT2D eigenvalue weighted by Crippen LogP contribution is -2.32. The largest absolute Gasteiger partial charge is 0.480 e. The molecular formula is C10H13Cl2NO2. The van der Waals surface area contributed by atoms with Crippen LogP contribution in [0.1, 0.15) is 5.56 Å². The number of alkyl halides is 2. The first-order chi connectivity index (χ1) is 7.11. The Labute approximate surface area is 98.8 Å². The second-order valence-corrected chi connectivity index (χ2v) is 3.54. The minimum atomic E-state index is -0.959. The van der Waals surface area contributed by atoms with Crippen molar-refractivity contribution in [1.82, 2.24) is 0 Å². The van der Waals surface area contributed by atoms with Crippen LogP contribution in [-0.4, -0.2) is 22.5 Å². The quantitative estimate of drug-likeness (QED) is 0.807. The molecule has 3 nitrogen and oxygen atoms in total. The molecule has 1 aromatic carbocycles. The van der Waals surface area contributed by atoms with Gasteiger partial charge in [0.15, 0.2) is 0 Å². The zero-order valence-electron chi connectivity index (χ0n) is 8.07. The summed E-state index contributed by atoms with van der Waals surface area (Å²) in [7, 11) is 0. The summed E-state index contributed by atoms with van der Waals surface area (Å²) in [6.07, 6.45) is 0.385. The summed E-state index contributed by atoms with van der Waals surface area (Å²) >= 11 is 9.53. The SMILES string of the molecule is ClCCl.N[C@@H](Cc1ccccc1)C(=O)O. The van der Waals surface area contributed by atoms with Gasteiger partial charge < -0.3 is 10.8 Å². The molecule has 0 amide bonds. The summed E-state index contributed by atoms with van der Waals surface area (Å²) in [4.78, 5) is 10.4. The van der Waals surface area contributed by atoms with Crippen LogP contribution in [0.25, 0.3) is 0 Å².